The van der Waals surface area contributed by atoms with Crippen LogP contribution in [0.5, 0.6) is 0 Å². The molecular formula is C13H13ClN4O2. The molecule has 0 aliphatic carbocycles. The summed E-state index contributed by atoms with van der Waals surface area (Å²) in [7, 11) is 0. The van der Waals surface area contributed by atoms with Crippen LogP contribution in [0.2, 0.25) is 5.02 Å². The Morgan fingerprint density at radius 2 is 2.15 bits per heavy atom. The average Bonchev–Trinajstić information content (AvgIpc) is 2.41. The lowest BCUT2D eigenvalue weighted by atomic mass is 10.1. The number of H-pyrrole nitrogens is 1. The number of benzene rings is 1. The van der Waals surface area contributed by atoms with Crippen LogP contribution >= 0.6 is 11.6 Å². The summed E-state index contributed by atoms with van der Waals surface area (Å²) in [5.74, 6) is 0.282. The summed E-state index contributed by atoms with van der Waals surface area (Å²) in [6.07, 6.45) is 0.674. The van der Waals surface area contributed by atoms with E-state index in [1.54, 1.807) is 6.07 Å². The zero-order valence-electron chi connectivity index (χ0n) is 10.5. The molecule has 3 N–H and O–H groups in total. The fraction of sp³-hybridized carbons (Fsp3) is 0.154. The van der Waals surface area contributed by atoms with Crippen molar-refractivity contribution in [1.29, 1.82) is 0 Å². The molecule has 0 aliphatic heterocycles. The number of amides is 2. The molecule has 1 heterocycles. The number of carbonyl (C=O) groups excluding carboxylic acids is 1. The van der Waals surface area contributed by atoms with Gasteiger partial charge in [-0.15, -0.1) is 0 Å². The minimum atomic E-state index is -0.383. The van der Waals surface area contributed by atoms with Gasteiger partial charge < -0.3 is 5.32 Å². The minimum Gasteiger partial charge on any atom is -0.337 e. The number of nitrogens with zero attached hydrogens (tertiary/aromatic N) is 1. The third-order valence-electron chi connectivity index (χ3n) is 2.51. The van der Waals surface area contributed by atoms with E-state index in [1.165, 1.54) is 12.1 Å². The van der Waals surface area contributed by atoms with Crippen molar-refractivity contribution in [3.8, 4) is 0 Å². The molecule has 0 saturated heterocycles. The third kappa shape index (κ3) is 4.40. The molecule has 0 fully saturated rings. The number of anilines is 1. The molecule has 7 heteroatoms. The molecule has 2 amide bonds. The van der Waals surface area contributed by atoms with Crippen molar-refractivity contribution in [3.63, 3.8) is 0 Å². The highest BCUT2D eigenvalue weighted by molar-refractivity contribution is 6.30. The minimum absolute atomic E-state index is 0.282. The smallest absolute Gasteiger partial charge is 0.320 e. The molecule has 6 nitrogen and oxygen atoms in total. The number of aromatic nitrogens is 2. The molecule has 0 atom stereocenters. The molecule has 2 aromatic rings. The number of hydrogen-bond acceptors (Lipinski definition) is 3. The first-order chi connectivity index (χ1) is 9.63. The number of hydrogen-bond donors (Lipinski definition) is 3. The lowest BCUT2D eigenvalue weighted by molar-refractivity contribution is 0.252. The normalized spacial score (nSPS) is 10.1. The fourth-order valence-electron chi connectivity index (χ4n) is 1.59. The topological polar surface area (TPSA) is 86.9 Å². The maximum absolute atomic E-state index is 11.6. The lowest BCUT2D eigenvalue weighted by Crippen LogP contribution is -2.31. The van der Waals surface area contributed by atoms with Gasteiger partial charge in [-0.2, -0.15) is 5.10 Å². The Morgan fingerprint density at radius 3 is 2.85 bits per heavy atom. The van der Waals surface area contributed by atoms with Crippen LogP contribution in [0.25, 0.3) is 0 Å². The van der Waals surface area contributed by atoms with Crippen LogP contribution in [0, 0.1) is 0 Å². The average molecular weight is 293 g/mol. The van der Waals surface area contributed by atoms with Crippen molar-refractivity contribution in [2.45, 2.75) is 6.42 Å². The van der Waals surface area contributed by atoms with Crippen molar-refractivity contribution in [1.82, 2.24) is 15.5 Å². The second kappa shape index (κ2) is 6.72. The van der Waals surface area contributed by atoms with Gasteiger partial charge in [0.15, 0.2) is 5.82 Å². The Balaban J connectivity index is 1.78. The molecule has 0 aliphatic rings. The van der Waals surface area contributed by atoms with Crippen molar-refractivity contribution >= 4 is 23.4 Å². The number of aromatic amines is 1. The summed E-state index contributed by atoms with van der Waals surface area (Å²) >= 11 is 5.87. The molecule has 0 unspecified atom stereocenters. The molecule has 0 bridgehead atoms. The highest BCUT2D eigenvalue weighted by atomic mass is 35.5. The third-order valence-corrected chi connectivity index (χ3v) is 2.74. The van der Waals surface area contributed by atoms with Crippen LogP contribution in [0.15, 0.2) is 41.2 Å². The highest BCUT2D eigenvalue weighted by Crippen LogP contribution is 2.10. The zero-order valence-corrected chi connectivity index (χ0v) is 11.3. The van der Waals surface area contributed by atoms with Crippen LogP contribution in [0.1, 0.15) is 5.56 Å². The van der Waals surface area contributed by atoms with Gasteiger partial charge in [0, 0.05) is 17.6 Å². The van der Waals surface area contributed by atoms with Crippen LogP contribution in [0.4, 0.5) is 10.6 Å². The largest absolute Gasteiger partial charge is 0.337 e. The van der Waals surface area contributed by atoms with Gasteiger partial charge in [0.05, 0.1) is 0 Å². The van der Waals surface area contributed by atoms with E-state index in [0.29, 0.717) is 18.0 Å². The maximum Gasteiger partial charge on any atom is 0.320 e. The second-order valence-corrected chi connectivity index (χ2v) is 4.50. The SMILES string of the molecule is O=C(NCCc1cccc(Cl)c1)Nc1ccc(=O)[nH]n1. The van der Waals surface area contributed by atoms with Crippen LogP contribution in [0.3, 0.4) is 0 Å². The van der Waals surface area contributed by atoms with Gasteiger partial charge in [-0.05, 0) is 30.2 Å². The van der Waals surface area contributed by atoms with Gasteiger partial charge in [0.25, 0.3) is 5.56 Å². The van der Waals surface area contributed by atoms with E-state index in [2.05, 4.69) is 20.8 Å². The van der Waals surface area contributed by atoms with Gasteiger partial charge in [-0.3, -0.25) is 10.1 Å². The first-order valence-corrected chi connectivity index (χ1v) is 6.36. The Kier molecular flexibility index (Phi) is 4.73. The van der Waals surface area contributed by atoms with Gasteiger partial charge in [-0.1, -0.05) is 23.7 Å². The van der Waals surface area contributed by atoms with Gasteiger partial charge in [0.2, 0.25) is 0 Å². The summed E-state index contributed by atoms with van der Waals surface area (Å²) < 4.78 is 0. The molecular weight excluding hydrogens is 280 g/mol. The fourth-order valence-corrected chi connectivity index (χ4v) is 1.80. The molecule has 1 aromatic carbocycles. The van der Waals surface area contributed by atoms with Gasteiger partial charge in [0.1, 0.15) is 0 Å². The van der Waals surface area contributed by atoms with E-state index in [4.69, 9.17) is 11.6 Å². The number of urea groups is 1. The summed E-state index contributed by atoms with van der Waals surface area (Å²) in [4.78, 5) is 22.4. The number of rotatable bonds is 4. The standard InChI is InChI=1S/C13H13ClN4O2/c14-10-3-1-2-9(8-10)6-7-15-13(20)16-11-4-5-12(19)18-17-11/h1-5,8H,6-7H2,(H,18,19)(H2,15,16,17,20). The first-order valence-electron chi connectivity index (χ1n) is 5.98. The van der Waals surface area contributed by atoms with E-state index in [-0.39, 0.29) is 17.4 Å². The van der Waals surface area contributed by atoms with Crippen LogP contribution < -0.4 is 16.2 Å². The lowest BCUT2D eigenvalue weighted by Gasteiger charge is -2.06. The van der Waals surface area contributed by atoms with Crippen molar-refractivity contribution < 1.29 is 4.79 Å². The summed E-state index contributed by atoms with van der Waals surface area (Å²) in [5, 5.41) is 11.8. The van der Waals surface area contributed by atoms with E-state index < -0.39 is 0 Å². The zero-order chi connectivity index (χ0) is 14.4. The summed E-state index contributed by atoms with van der Waals surface area (Å²) in [6, 6.07) is 9.78. The van der Waals surface area contributed by atoms with Crippen LogP contribution in [-0.4, -0.2) is 22.8 Å². The summed E-state index contributed by atoms with van der Waals surface area (Å²) in [6.45, 7) is 0.468. The Labute approximate surface area is 120 Å². The summed E-state index contributed by atoms with van der Waals surface area (Å²) in [5.41, 5.74) is 0.719. The first kappa shape index (κ1) is 14.1. The van der Waals surface area contributed by atoms with Crippen molar-refractivity contribution in [2.75, 3.05) is 11.9 Å². The Hall–Kier alpha value is -2.34. The number of carbonyl (C=O) groups is 1. The second-order valence-electron chi connectivity index (χ2n) is 4.07. The number of nitrogens with one attached hydrogen (secondary N) is 3. The van der Waals surface area contributed by atoms with E-state index in [9.17, 15) is 9.59 Å². The van der Waals surface area contributed by atoms with Gasteiger partial charge in [-0.25, -0.2) is 9.89 Å². The van der Waals surface area contributed by atoms with Gasteiger partial charge >= 0.3 is 6.03 Å². The highest BCUT2D eigenvalue weighted by Gasteiger charge is 2.02. The number of halogens is 1. The predicted octanol–water partition coefficient (Wildman–Crippen LogP) is 1.79. The maximum atomic E-state index is 11.6. The molecule has 20 heavy (non-hydrogen) atoms. The molecule has 0 saturated carbocycles. The molecule has 2 rings (SSSR count). The monoisotopic (exact) mass is 292 g/mol. The van der Waals surface area contributed by atoms with E-state index >= 15 is 0 Å². The molecule has 1 aromatic heterocycles. The van der Waals surface area contributed by atoms with Crippen molar-refractivity contribution in [3.05, 3.63) is 57.3 Å². The molecule has 0 radical (unpaired) electrons. The molecule has 0 spiro atoms. The predicted molar refractivity (Wildman–Crippen MR) is 77.0 cm³/mol. The van der Waals surface area contributed by atoms with Crippen LogP contribution in [-0.2, 0) is 6.42 Å². The Morgan fingerprint density at radius 1 is 1.30 bits per heavy atom. The molecule has 104 valence electrons. The quantitative estimate of drug-likeness (QED) is 0.803. The van der Waals surface area contributed by atoms with E-state index in [0.717, 1.165) is 5.56 Å². The van der Waals surface area contributed by atoms with Crippen molar-refractivity contribution in [2.24, 2.45) is 0 Å². The van der Waals surface area contributed by atoms with E-state index in [1.807, 2.05) is 18.2 Å². The Bertz CT molecular complexity index is 636.